The molecule has 8 rings (SSSR count). The van der Waals surface area contributed by atoms with Crippen LogP contribution in [0.2, 0.25) is 0 Å². The topological polar surface area (TPSA) is 372 Å². The van der Waals surface area contributed by atoms with Crippen molar-refractivity contribution in [3.8, 4) is 0 Å². The van der Waals surface area contributed by atoms with Crippen molar-refractivity contribution in [2.24, 2.45) is 22.7 Å². The zero-order chi connectivity index (χ0) is 94.7. The molecule has 718 valence electrons. The molecule has 0 aromatic heterocycles. The molecule has 0 bridgehead atoms. The van der Waals surface area contributed by atoms with Gasteiger partial charge >= 0.3 is 47.8 Å². The number of hydroxylamine groups is 10. The van der Waals surface area contributed by atoms with E-state index in [-0.39, 0.29) is 97.0 Å². The number of hydrogen-bond donors (Lipinski definition) is 8. The third-order valence-electron chi connectivity index (χ3n) is 27.1. The fourth-order valence-electron chi connectivity index (χ4n) is 23.1. The van der Waals surface area contributed by atoms with Crippen molar-refractivity contribution in [1.82, 2.24) is 35.9 Å². The maximum Gasteiger partial charge on any atom is 0.310 e. The highest BCUT2D eigenvalue weighted by Gasteiger charge is 2.55. The minimum absolute atomic E-state index is 0.000484. The van der Waals surface area contributed by atoms with Crippen LogP contribution in [-0.4, -0.2) is 237 Å². The van der Waals surface area contributed by atoms with Gasteiger partial charge in [-0.15, -0.1) is 0 Å². The van der Waals surface area contributed by atoms with Gasteiger partial charge in [0.15, 0.2) is 0 Å². The molecule has 7 saturated heterocycles. The first-order valence-corrected chi connectivity index (χ1v) is 46.3. The van der Waals surface area contributed by atoms with E-state index in [1.54, 1.807) is 0 Å². The maximum atomic E-state index is 14.7. The van der Waals surface area contributed by atoms with Crippen molar-refractivity contribution in [2.45, 2.75) is 534 Å². The van der Waals surface area contributed by atoms with Crippen LogP contribution in [0.5, 0.6) is 0 Å². The highest BCUT2D eigenvalue weighted by molar-refractivity contribution is 5.89. The number of aliphatic hydroxyl groups is 1. The Hall–Kier alpha value is -4.76. The average molecular weight is 1760 g/mol. The molecule has 29 nitrogen and oxygen atoms in total. The SMILES string of the molecule is CC1(C)CC(OC(=O)CC(C(=O)OC2CC(C)(C)N(O)C(C)(C)C2)C(CC(=O)OC2CC(C)(C)N(O)C(C)(C)C2)C(=O)OC2CC(C)(C)N(O)C(C)(C)C2)CC(C)(C)C1O.CC1(C)CC(OC(=O)CCC(=O)OC2CC(C)(C)N(O)C(C)(C)C2)CC(C)(C)N1O.CC1(C)CC(OC(=O)CCCCCCCCC(=O)OC2CC(C)(C)NC(C)(C)C2)CC(C)(C)N1. The Morgan fingerprint density at radius 2 is 0.419 bits per heavy atom. The van der Waals surface area contributed by atoms with Gasteiger partial charge in [0.25, 0.3) is 0 Å². The summed E-state index contributed by atoms with van der Waals surface area (Å²) in [5.74, 6) is -7.37. The lowest BCUT2D eigenvalue weighted by molar-refractivity contribution is -0.261. The molecular weight excluding hydrogens is 1590 g/mol. The summed E-state index contributed by atoms with van der Waals surface area (Å²) in [5, 5.41) is 78.3. The minimum atomic E-state index is -1.53. The highest BCUT2D eigenvalue weighted by atomic mass is 16.6. The van der Waals surface area contributed by atoms with E-state index >= 15 is 0 Å². The van der Waals surface area contributed by atoms with E-state index in [0.717, 1.165) is 64.2 Å². The van der Waals surface area contributed by atoms with Gasteiger partial charge in [0.1, 0.15) is 48.8 Å². The van der Waals surface area contributed by atoms with Gasteiger partial charge in [0, 0.05) is 180 Å². The number of rotatable bonds is 27. The van der Waals surface area contributed by atoms with E-state index in [1.807, 2.05) is 166 Å². The third-order valence-corrected chi connectivity index (χ3v) is 27.1. The monoisotopic (exact) mass is 1760 g/mol. The van der Waals surface area contributed by atoms with Gasteiger partial charge < -0.3 is 79.7 Å². The molecule has 0 radical (unpaired) electrons. The molecule has 2 unspecified atom stereocenters. The summed E-state index contributed by atoms with van der Waals surface area (Å²) >= 11 is 0. The number of esters is 8. The van der Waals surface area contributed by atoms with Gasteiger partial charge in [-0.3, -0.25) is 38.4 Å². The van der Waals surface area contributed by atoms with Crippen molar-refractivity contribution >= 4 is 47.8 Å². The number of ether oxygens (including phenoxy) is 8. The average Bonchev–Trinajstić information content (AvgIpc) is 0.770. The van der Waals surface area contributed by atoms with E-state index in [0.29, 0.717) is 64.2 Å². The number of carbonyl (C=O) groups excluding carboxylic acids is 8. The largest absolute Gasteiger partial charge is 0.462 e. The molecule has 1 aliphatic carbocycles. The lowest BCUT2D eigenvalue weighted by Crippen LogP contribution is -2.61. The van der Waals surface area contributed by atoms with E-state index in [2.05, 4.69) is 66.0 Å². The van der Waals surface area contributed by atoms with Crippen LogP contribution >= 0.6 is 0 Å². The van der Waals surface area contributed by atoms with Crippen molar-refractivity contribution in [1.29, 1.82) is 0 Å². The Morgan fingerprint density at radius 3 is 0.637 bits per heavy atom. The second-order valence-corrected chi connectivity index (χ2v) is 48.6. The summed E-state index contributed by atoms with van der Waals surface area (Å²) in [6.45, 7) is 62.3. The molecule has 0 spiro atoms. The number of piperidine rings is 7. The molecule has 29 heteroatoms. The van der Waals surface area contributed by atoms with Gasteiger partial charge in [0.05, 0.1) is 43.6 Å². The Balaban J connectivity index is 0.000000314. The standard InChI is InChI=1S/C45H79N3O12.C28H52N2O4.C22H40N2O6/c1-38(2)19-27(20-39(3,4)37(38)53)57-33(49)17-31(35(51)59-29-23-42(9,10)47(55)43(11,12)24-29)32(36(52)60-30-25-44(13,14)48(56)45(15,16)26-30)18-34(50)58-28-21-40(5,6)46(54)41(7,8)22-28;1-25(2)17-21(18-26(3,4)29-25)33-23(31)15-13-11-9-10-12-14-16-24(32)34-22-19-27(5,6)30-28(7,8)20-22;1-19(2)11-15(12-20(3,4)23(19)27)29-17(25)9-10-18(26)30-16-13-21(5,6)24(28)22(7,8)14-16/h27-32,37,53-56H,17-26H2,1-16H3;21-22,29-30H,9-20H2,1-8H3;15-16,27-28H,9-14H2,1-8H3. The van der Waals surface area contributed by atoms with Crippen LogP contribution < -0.4 is 10.6 Å². The lowest BCUT2D eigenvalue weighted by Gasteiger charge is -2.51. The molecular formula is C95H171N7O22. The second kappa shape index (κ2) is 40.1. The molecule has 8 fully saturated rings. The Kier molecular flexibility index (Phi) is 35.0. The van der Waals surface area contributed by atoms with Gasteiger partial charge in [-0.05, 0) is 230 Å². The minimum Gasteiger partial charge on any atom is -0.462 e. The van der Waals surface area contributed by atoms with Crippen LogP contribution in [0.15, 0.2) is 0 Å². The van der Waals surface area contributed by atoms with Crippen molar-refractivity contribution in [3.63, 3.8) is 0 Å². The normalized spacial score (nSPS) is 27.6. The van der Waals surface area contributed by atoms with Crippen LogP contribution in [0.4, 0.5) is 0 Å². The van der Waals surface area contributed by atoms with E-state index < -0.39 is 157 Å². The predicted molar refractivity (Wildman–Crippen MR) is 470 cm³/mol. The number of hydrogen-bond acceptors (Lipinski definition) is 29. The summed E-state index contributed by atoms with van der Waals surface area (Å²) in [4.78, 5) is 107. The summed E-state index contributed by atoms with van der Waals surface area (Å²) in [6.07, 6.45) is 9.65. The molecule has 8 aliphatic rings. The summed E-state index contributed by atoms with van der Waals surface area (Å²) in [5.41, 5.74) is -7.89. The first kappa shape index (κ1) is 108. The molecule has 124 heavy (non-hydrogen) atoms. The number of aliphatic hydroxyl groups excluding tert-OH is 1. The van der Waals surface area contributed by atoms with Crippen LogP contribution in [0.25, 0.3) is 0 Å². The molecule has 2 atom stereocenters. The smallest absolute Gasteiger partial charge is 0.310 e. The van der Waals surface area contributed by atoms with Crippen molar-refractivity contribution in [2.75, 3.05) is 0 Å². The Bertz CT molecular complexity index is 3260. The maximum absolute atomic E-state index is 14.7. The van der Waals surface area contributed by atoms with E-state index in [9.17, 15) is 69.5 Å². The molecule has 0 aromatic rings. The zero-order valence-electron chi connectivity index (χ0n) is 82.6. The molecule has 0 aromatic carbocycles. The number of carbonyl (C=O) groups is 8. The number of unbranched alkanes of at least 4 members (excludes halogenated alkanes) is 5. The first-order valence-electron chi connectivity index (χ1n) is 46.3. The molecule has 8 N–H and O–H groups in total. The van der Waals surface area contributed by atoms with Gasteiger partial charge in [-0.2, -0.15) is 25.3 Å². The van der Waals surface area contributed by atoms with Crippen LogP contribution in [-0.2, 0) is 76.3 Å². The number of nitrogens with one attached hydrogen (secondary N) is 2. The zero-order valence-corrected chi connectivity index (χ0v) is 82.6. The fraction of sp³-hybridized carbons (Fsp3) is 0.916. The summed E-state index contributed by atoms with van der Waals surface area (Å²) < 4.78 is 47.3. The highest BCUT2D eigenvalue weighted by Crippen LogP contribution is 2.49. The quantitative estimate of drug-likeness (QED) is 0.0215. The second-order valence-electron chi connectivity index (χ2n) is 48.6. The van der Waals surface area contributed by atoms with E-state index in [4.69, 9.17) is 37.9 Å². The first-order chi connectivity index (χ1) is 55.9. The van der Waals surface area contributed by atoms with Crippen molar-refractivity contribution in [3.05, 3.63) is 0 Å². The molecule has 7 aliphatic heterocycles. The van der Waals surface area contributed by atoms with Crippen LogP contribution in [0, 0.1) is 22.7 Å². The molecule has 1 saturated carbocycles. The van der Waals surface area contributed by atoms with Gasteiger partial charge in [-0.25, -0.2) is 0 Å². The Morgan fingerprint density at radius 1 is 0.250 bits per heavy atom. The third kappa shape index (κ3) is 30.7. The van der Waals surface area contributed by atoms with Crippen LogP contribution in [0.3, 0.4) is 0 Å². The number of nitrogens with zero attached hydrogens (tertiary/aromatic N) is 5. The van der Waals surface area contributed by atoms with E-state index in [1.165, 1.54) is 25.3 Å². The summed E-state index contributed by atoms with van der Waals surface area (Å²) in [6, 6.07) is 0. The van der Waals surface area contributed by atoms with Crippen LogP contribution in [0.1, 0.15) is 401 Å². The lowest BCUT2D eigenvalue weighted by atomic mass is 9.62. The van der Waals surface area contributed by atoms with Crippen molar-refractivity contribution < 1.29 is 107 Å². The molecule has 0 amide bonds. The van der Waals surface area contributed by atoms with Gasteiger partial charge in [0.2, 0.25) is 0 Å². The fourth-order valence-corrected chi connectivity index (χ4v) is 23.1. The Labute approximate surface area is 744 Å². The molecule has 7 heterocycles. The predicted octanol–water partition coefficient (Wildman–Crippen LogP) is 16.5. The summed E-state index contributed by atoms with van der Waals surface area (Å²) in [7, 11) is 0. The van der Waals surface area contributed by atoms with Gasteiger partial charge in [-0.1, -0.05) is 53.4 Å².